The Morgan fingerprint density at radius 2 is 1.88 bits per heavy atom. The van der Waals surface area contributed by atoms with Crippen LogP contribution in [0.3, 0.4) is 0 Å². The maximum absolute atomic E-state index is 9.35. The van der Waals surface area contributed by atoms with Crippen LogP contribution < -0.4 is 11.5 Å². The summed E-state index contributed by atoms with van der Waals surface area (Å²) in [5.41, 5.74) is 13.7. The van der Waals surface area contributed by atoms with Gasteiger partial charge in [-0.1, -0.05) is 12.1 Å². The minimum absolute atomic E-state index is 0.120. The Kier molecular flexibility index (Phi) is 2.11. The highest BCUT2D eigenvalue weighted by atomic mass is 16.3. The predicted molar refractivity (Wildman–Crippen MR) is 67.4 cm³/mol. The van der Waals surface area contributed by atoms with E-state index in [0.717, 1.165) is 24.8 Å². The topological polar surface area (TPSA) is 72.3 Å². The highest BCUT2D eigenvalue weighted by molar-refractivity contribution is 5.35. The normalized spacial score (nSPS) is 44.2. The average molecular weight is 232 g/mol. The lowest BCUT2D eigenvalue weighted by molar-refractivity contribution is -0.0675. The first kappa shape index (κ1) is 11.1. The third kappa shape index (κ3) is 1.36. The van der Waals surface area contributed by atoms with Crippen molar-refractivity contribution in [2.75, 3.05) is 0 Å². The Morgan fingerprint density at radius 1 is 1.24 bits per heavy atom. The van der Waals surface area contributed by atoms with Gasteiger partial charge in [-0.25, -0.2) is 0 Å². The molecule has 0 heterocycles. The average Bonchev–Trinajstić information content (AvgIpc) is 2.29. The highest BCUT2D eigenvalue weighted by Gasteiger charge is 2.60. The van der Waals surface area contributed by atoms with E-state index in [1.54, 1.807) is 12.1 Å². The first-order valence-corrected chi connectivity index (χ1v) is 6.32. The van der Waals surface area contributed by atoms with Crippen LogP contribution in [0.2, 0.25) is 0 Å². The second-order valence-electron chi connectivity index (χ2n) is 5.98. The number of rotatable bonds is 1. The Labute approximate surface area is 102 Å². The van der Waals surface area contributed by atoms with Crippen LogP contribution in [0.4, 0.5) is 0 Å². The Hall–Kier alpha value is -1.06. The van der Waals surface area contributed by atoms with Crippen LogP contribution in [0.15, 0.2) is 24.3 Å². The summed E-state index contributed by atoms with van der Waals surface area (Å²) in [5, 5.41) is 9.35. The summed E-state index contributed by atoms with van der Waals surface area (Å²) in [6, 6.07) is 7.29. The fourth-order valence-corrected chi connectivity index (χ4v) is 3.82. The van der Waals surface area contributed by atoms with Crippen molar-refractivity contribution in [1.29, 1.82) is 0 Å². The molecule has 4 atom stereocenters. The van der Waals surface area contributed by atoms with Gasteiger partial charge in [0.05, 0.1) is 0 Å². The highest BCUT2D eigenvalue weighted by Crippen LogP contribution is 2.58. The van der Waals surface area contributed by atoms with Crippen LogP contribution in [0, 0.1) is 11.8 Å². The molecule has 0 aliphatic heterocycles. The van der Waals surface area contributed by atoms with Gasteiger partial charge in [0.2, 0.25) is 0 Å². The van der Waals surface area contributed by atoms with Crippen molar-refractivity contribution in [2.24, 2.45) is 23.3 Å². The summed E-state index contributed by atoms with van der Waals surface area (Å²) < 4.78 is 0. The number of hydrogen-bond acceptors (Lipinski definition) is 3. The van der Waals surface area contributed by atoms with Gasteiger partial charge in [-0.15, -0.1) is 0 Å². The zero-order valence-electron chi connectivity index (χ0n) is 10.2. The van der Waals surface area contributed by atoms with Crippen molar-refractivity contribution in [3.8, 4) is 5.75 Å². The molecule has 3 aliphatic rings. The van der Waals surface area contributed by atoms with E-state index in [-0.39, 0.29) is 16.8 Å². The maximum atomic E-state index is 9.35. The Bertz CT molecular complexity index is 438. The van der Waals surface area contributed by atoms with Crippen molar-refractivity contribution in [2.45, 2.75) is 37.3 Å². The van der Waals surface area contributed by atoms with E-state index in [4.69, 9.17) is 11.5 Å². The largest absolute Gasteiger partial charge is 0.508 e. The first-order chi connectivity index (χ1) is 7.94. The van der Waals surface area contributed by atoms with Crippen molar-refractivity contribution in [1.82, 2.24) is 0 Å². The molecule has 4 rings (SSSR count). The molecular formula is C14H20N2O. The standard InChI is InChI=1S/C14H20N2O/c1-13(15)10-6-7-14(16,12(13)8-10)9-2-4-11(17)5-3-9/h2-5,10,12,17H,6-8,15-16H2,1H3. The van der Waals surface area contributed by atoms with Gasteiger partial charge in [0.1, 0.15) is 5.75 Å². The zero-order chi connectivity index (χ0) is 12.3. The maximum Gasteiger partial charge on any atom is 0.115 e. The van der Waals surface area contributed by atoms with E-state index in [1.165, 1.54) is 0 Å². The van der Waals surface area contributed by atoms with Gasteiger partial charge in [0.25, 0.3) is 0 Å². The molecule has 0 spiro atoms. The van der Waals surface area contributed by atoms with Gasteiger partial charge >= 0.3 is 0 Å². The van der Waals surface area contributed by atoms with E-state index in [2.05, 4.69) is 6.92 Å². The van der Waals surface area contributed by atoms with Crippen LogP contribution in [-0.2, 0) is 5.54 Å². The van der Waals surface area contributed by atoms with E-state index in [1.807, 2.05) is 12.1 Å². The van der Waals surface area contributed by atoms with Crippen molar-refractivity contribution in [3.05, 3.63) is 29.8 Å². The Morgan fingerprint density at radius 3 is 2.41 bits per heavy atom. The number of hydrogen-bond donors (Lipinski definition) is 3. The van der Waals surface area contributed by atoms with E-state index in [9.17, 15) is 5.11 Å². The van der Waals surface area contributed by atoms with Crippen LogP contribution in [0.5, 0.6) is 5.75 Å². The molecule has 5 N–H and O–H groups in total. The summed E-state index contributed by atoms with van der Waals surface area (Å²) >= 11 is 0. The number of fused-ring (bicyclic) bond motifs is 2. The fraction of sp³-hybridized carbons (Fsp3) is 0.571. The molecule has 0 saturated heterocycles. The molecule has 3 heteroatoms. The fourth-order valence-electron chi connectivity index (χ4n) is 3.82. The molecule has 3 saturated carbocycles. The molecule has 92 valence electrons. The van der Waals surface area contributed by atoms with E-state index in [0.29, 0.717) is 11.8 Å². The van der Waals surface area contributed by atoms with Crippen LogP contribution >= 0.6 is 0 Å². The molecule has 2 bridgehead atoms. The lowest BCUT2D eigenvalue weighted by Crippen LogP contribution is -2.72. The summed E-state index contributed by atoms with van der Waals surface area (Å²) in [6.07, 6.45) is 3.26. The van der Waals surface area contributed by atoms with Crippen LogP contribution in [0.25, 0.3) is 0 Å². The Balaban J connectivity index is 1.98. The predicted octanol–water partition coefficient (Wildman–Crippen LogP) is 1.69. The third-order valence-corrected chi connectivity index (χ3v) is 5.08. The summed E-state index contributed by atoms with van der Waals surface area (Å²) in [6.45, 7) is 2.13. The first-order valence-electron chi connectivity index (χ1n) is 6.32. The lowest BCUT2D eigenvalue weighted by Gasteiger charge is -2.63. The van der Waals surface area contributed by atoms with Crippen LogP contribution in [-0.4, -0.2) is 10.6 Å². The van der Waals surface area contributed by atoms with Gasteiger partial charge in [0.15, 0.2) is 0 Å². The molecule has 3 aliphatic carbocycles. The quantitative estimate of drug-likeness (QED) is 0.690. The number of phenolic OH excluding ortho intramolecular Hbond substituents is 1. The summed E-state index contributed by atoms with van der Waals surface area (Å²) in [5.74, 6) is 1.29. The molecule has 0 amide bonds. The second kappa shape index (κ2) is 3.24. The number of aromatic hydroxyl groups is 1. The third-order valence-electron chi connectivity index (χ3n) is 5.08. The molecule has 3 fully saturated rings. The molecular weight excluding hydrogens is 212 g/mol. The number of phenols is 1. The molecule has 17 heavy (non-hydrogen) atoms. The summed E-state index contributed by atoms with van der Waals surface area (Å²) in [7, 11) is 0. The van der Waals surface area contributed by atoms with Crippen molar-refractivity contribution in [3.63, 3.8) is 0 Å². The number of benzene rings is 1. The van der Waals surface area contributed by atoms with Gasteiger partial charge in [-0.2, -0.15) is 0 Å². The SMILES string of the molecule is CC1(N)C2CCC(N)(c3ccc(O)cc3)C1C2. The monoisotopic (exact) mass is 232 g/mol. The van der Waals surface area contributed by atoms with Gasteiger partial charge in [-0.05, 0) is 55.7 Å². The molecule has 4 unspecified atom stereocenters. The minimum atomic E-state index is -0.314. The van der Waals surface area contributed by atoms with Crippen molar-refractivity contribution >= 4 is 0 Å². The van der Waals surface area contributed by atoms with Gasteiger partial charge < -0.3 is 16.6 Å². The number of nitrogens with two attached hydrogens (primary N) is 2. The molecule has 0 radical (unpaired) electrons. The van der Waals surface area contributed by atoms with E-state index >= 15 is 0 Å². The summed E-state index contributed by atoms with van der Waals surface area (Å²) in [4.78, 5) is 0. The molecule has 1 aromatic carbocycles. The van der Waals surface area contributed by atoms with Gasteiger partial charge in [-0.3, -0.25) is 0 Å². The smallest absolute Gasteiger partial charge is 0.115 e. The second-order valence-corrected chi connectivity index (χ2v) is 5.98. The lowest BCUT2D eigenvalue weighted by atomic mass is 9.46. The van der Waals surface area contributed by atoms with Gasteiger partial charge in [0, 0.05) is 11.1 Å². The van der Waals surface area contributed by atoms with E-state index < -0.39 is 0 Å². The van der Waals surface area contributed by atoms with Crippen molar-refractivity contribution < 1.29 is 5.11 Å². The molecule has 1 aromatic rings. The molecule has 0 aromatic heterocycles. The van der Waals surface area contributed by atoms with Crippen LogP contribution in [0.1, 0.15) is 31.7 Å². The zero-order valence-corrected chi connectivity index (χ0v) is 10.2. The minimum Gasteiger partial charge on any atom is -0.508 e. The molecule has 3 nitrogen and oxygen atoms in total.